The number of sulfonamides is 1. The topological polar surface area (TPSA) is 93.7 Å². The van der Waals surface area contributed by atoms with Crippen molar-refractivity contribution in [3.63, 3.8) is 0 Å². The Kier molecular flexibility index (Phi) is 8.32. The van der Waals surface area contributed by atoms with Crippen LogP contribution in [0.2, 0.25) is 5.02 Å². The summed E-state index contributed by atoms with van der Waals surface area (Å²) in [5.74, 6) is 0.537. The Morgan fingerprint density at radius 1 is 0.865 bits per heavy atom. The van der Waals surface area contributed by atoms with Gasteiger partial charge in [0.25, 0.3) is 15.9 Å². The maximum atomic E-state index is 13.1. The highest BCUT2D eigenvalue weighted by Crippen LogP contribution is 2.30. The van der Waals surface area contributed by atoms with Crippen molar-refractivity contribution in [3.05, 3.63) is 113 Å². The van der Waals surface area contributed by atoms with Crippen molar-refractivity contribution in [2.24, 2.45) is 0 Å². The quantitative estimate of drug-likeness (QED) is 0.245. The lowest BCUT2D eigenvalue weighted by atomic mass is 10.2. The summed E-state index contributed by atoms with van der Waals surface area (Å²) in [6.07, 6.45) is 0. The lowest BCUT2D eigenvalue weighted by molar-refractivity contribution is 0.102. The molecule has 4 rings (SSSR count). The first kappa shape index (κ1) is 26.1. The van der Waals surface area contributed by atoms with Crippen molar-refractivity contribution in [2.45, 2.75) is 18.4 Å². The van der Waals surface area contributed by atoms with Crippen LogP contribution in [0.15, 0.2) is 102 Å². The van der Waals surface area contributed by atoms with Crippen LogP contribution in [-0.2, 0) is 16.6 Å². The Morgan fingerprint density at radius 2 is 1.57 bits per heavy atom. The number of hydrogen-bond donors (Lipinski definition) is 2. The first-order chi connectivity index (χ1) is 17.8. The van der Waals surface area contributed by atoms with Crippen LogP contribution < -0.4 is 19.5 Å². The molecule has 190 valence electrons. The molecule has 37 heavy (non-hydrogen) atoms. The van der Waals surface area contributed by atoms with Crippen LogP contribution in [0.3, 0.4) is 0 Å². The number of halogens is 1. The fourth-order valence-corrected chi connectivity index (χ4v) is 4.64. The van der Waals surface area contributed by atoms with Crippen LogP contribution in [-0.4, -0.2) is 20.9 Å². The van der Waals surface area contributed by atoms with Gasteiger partial charge in [-0.15, -0.1) is 0 Å². The number of nitrogens with one attached hydrogen (secondary N) is 2. The zero-order chi connectivity index (χ0) is 26.3. The summed E-state index contributed by atoms with van der Waals surface area (Å²) in [5.41, 5.74) is 2.00. The van der Waals surface area contributed by atoms with E-state index in [4.69, 9.17) is 21.1 Å². The number of anilines is 2. The molecule has 7 nitrogen and oxygen atoms in total. The van der Waals surface area contributed by atoms with Crippen molar-refractivity contribution >= 4 is 38.9 Å². The summed E-state index contributed by atoms with van der Waals surface area (Å²) in [6, 6.07) is 27.0. The zero-order valence-electron chi connectivity index (χ0n) is 20.0. The second kappa shape index (κ2) is 11.8. The minimum atomic E-state index is -3.96. The molecule has 0 atom stereocenters. The third-order valence-corrected chi connectivity index (χ3v) is 6.90. The zero-order valence-corrected chi connectivity index (χ0v) is 21.6. The van der Waals surface area contributed by atoms with Crippen LogP contribution in [0, 0.1) is 0 Å². The molecule has 0 saturated carbocycles. The highest BCUT2D eigenvalue weighted by atomic mass is 35.5. The Bertz CT molecular complexity index is 1460. The van der Waals surface area contributed by atoms with Crippen molar-refractivity contribution in [1.29, 1.82) is 0 Å². The molecule has 0 unspecified atom stereocenters. The van der Waals surface area contributed by atoms with E-state index in [0.29, 0.717) is 41.0 Å². The molecular formula is C28H25ClN2O5S. The molecule has 0 radical (unpaired) electrons. The molecule has 2 N–H and O–H groups in total. The summed E-state index contributed by atoms with van der Waals surface area (Å²) < 4.78 is 40.1. The van der Waals surface area contributed by atoms with Crippen LogP contribution in [0.25, 0.3) is 0 Å². The largest absolute Gasteiger partial charge is 0.492 e. The Balaban J connectivity index is 1.48. The molecule has 4 aromatic rings. The second-order valence-electron chi connectivity index (χ2n) is 7.96. The summed E-state index contributed by atoms with van der Waals surface area (Å²) in [5, 5.41) is 3.23. The van der Waals surface area contributed by atoms with Gasteiger partial charge in [-0.1, -0.05) is 41.9 Å². The van der Waals surface area contributed by atoms with Gasteiger partial charge in [-0.25, -0.2) is 8.42 Å². The van der Waals surface area contributed by atoms with Crippen LogP contribution in [0.5, 0.6) is 11.5 Å². The fourth-order valence-electron chi connectivity index (χ4n) is 3.43. The molecule has 0 fully saturated rings. The molecule has 0 bridgehead atoms. The molecule has 0 saturated heterocycles. The van der Waals surface area contributed by atoms with Gasteiger partial charge in [0.1, 0.15) is 18.1 Å². The van der Waals surface area contributed by atoms with E-state index in [1.54, 1.807) is 55.5 Å². The van der Waals surface area contributed by atoms with Gasteiger partial charge in [0.15, 0.2) is 0 Å². The van der Waals surface area contributed by atoms with Crippen molar-refractivity contribution < 1.29 is 22.7 Å². The average molecular weight is 537 g/mol. The summed E-state index contributed by atoms with van der Waals surface area (Å²) in [4.78, 5) is 12.7. The highest BCUT2D eigenvalue weighted by molar-refractivity contribution is 7.92. The molecule has 0 aromatic heterocycles. The maximum absolute atomic E-state index is 13.1. The lowest BCUT2D eigenvalue weighted by Crippen LogP contribution is -2.16. The Hall–Kier alpha value is -4.01. The SMILES string of the molecule is CCOc1ccc(S(=O)(=O)Nc2ccc(OCc3ccccc3)cc2)cc1NC(=O)c1ccc(Cl)cc1. The number of carbonyl (C=O) groups is 1. The number of benzene rings is 4. The summed E-state index contributed by atoms with van der Waals surface area (Å²) in [6.45, 7) is 2.54. The minimum absolute atomic E-state index is 0.0354. The van der Waals surface area contributed by atoms with Gasteiger partial charge in [0.2, 0.25) is 0 Å². The van der Waals surface area contributed by atoms with Crippen LogP contribution in [0.4, 0.5) is 11.4 Å². The number of amides is 1. The van der Waals surface area contributed by atoms with Gasteiger partial charge in [-0.3, -0.25) is 9.52 Å². The van der Waals surface area contributed by atoms with E-state index in [0.717, 1.165) is 5.56 Å². The predicted molar refractivity (Wildman–Crippen MR) is 145 cm³/mol. The number of rotatable bonds is 10. The second-order valence-corrected chi connectivity index (χ2v) is 10.1. The first-order valence-corrected chi connectivity index (χ1v) is 13.3. The van der Waals surface area contributed by atoms with E-state index in [2.05, 4.69) is 10.0 Å². The molecular weight excluding hydrogens is 512 g/mol. The average Bonchev–Trinajstić information content (AvgIpc) is 2.90. The van der Waals surface area contributed by atoms with E-state index in [1.807, 2.05) is 30.3 Å². The van der Waals surface area contributed by atoms with Crippen molar-refractivity contribution in [1.82, 2.24) is 0 Å². The van der Waals surface area contributed by atoms with Gasteiger partial charge in [0, 0.05) is 16.3 Å². The predicted octanol–water partition coefficient (Wildman–Crippen LogP) is 6.37. The molecule has 0 aliphatic heterocycles. The van der Waals surface area contributed by atoms with E-state index < -0.39 is 15.9 Å². The van der Waals surface area contributed by atoms with Crippen LogP contribution >= 0.6 is 11.6 Å². The first-order valence-electron chi connectivity index (χ1n) is 11.5. The fraction of sp³-hybridized carbons (Fsp3) is 0.107. The lowest BCUT2D eigenvalue weighted by Gasteiger charge is -2.15. The molecule has 0 heterocycles. The standard InChI is InChI=1S/C28H25ClN2O5S/c1-2-35-27-17-16-25(18-26(27)30-28(32)21-8-10-22(29)11-9-21)37(33,34)31-23-12-14-24(15-13-23)36-19-20-6-4-3-5-7-20/h3-18,31H,2,19H2,1H3,(H,30,32). The summed E-state index contributed by atoms with van der Waals surface area (Å²) >= 11 is 5.90. The molecule has 0 aliphatic rings. The third-order valence-electron chi connectivity index (χ3n) is 5.27. The van der Waals surface area contributed by atoms with E-state index in [-0.39, 0.29) is 10.6 Å². The molecule has 9 heteroatoms. The van der Waals surface area contributed by atoms with Crippen molar-refractivity contribution in [3.8, 4) is 11.5 Å². The van der Waals surface area contributed by atoms with Gasteiger partial charge < -0.3 is 14.8 Å². The van der Waals surface area contributed by atoms with Gasteiger partial charge >= 0.3 is 0 Å². The molecule has 1 amide bonds. The van der Waals surface area contributed by atoms with Gasteiger partial charge in [0.05, 0.1) is 17.2 Å². The minimum Gasteiger partial charge on any atom is -0.492 e. The normalized spacial score (nSPS) is 11.0. The van der Waals surface area contributed by atoms with Crippen LogP contribution in [0.1, 0.15) is 22.8 Å². The Morgan fingerprint density at radius 3 is 2.24 bits per heavy atom. The Labute approximate surface area is 221 Å². The maximum Gasteiger partial charge on any atom is 0.261 e. The van der Waals surface area contributed by atoms with E-state index >= 15 is 0 Å². The molecule has 0 spiro atoms. The van der Waals surface area contributed by atoms with Gasteiger partial charge in [-0.2, -0.15) is 0 Å². The number of carbonyl (C=O) groups excluding carboxylic acids is 1. The van der Waals surface area contributed by atoms with Gasteiger partial charge in [-0.05, 0) is 79.2 Å². The molecule has 4 aromatic carbocycles. The van der Waals surface area contributed by atoms with Crippen molar-refractivity contribution in [2.75, 3.05) is 16.6 Å². The molecule has 0 aliphatic carbocycles. The third kappa shape index (κ3) is 7.03. The number of hydrogen-bond acceptors (Lipinski definition) is 5. The number of ether oxygens (including phenoxy) is 2. The summed E-state index contributed by atoms with van der Waals surface area (Å²) in [7, 11) is -3.96. The highest BCUT2D eigenvalue weighted by Gasteiger charge is 2.19. The monoisotopic (exact) mass is 536 g/mol. The smallest absolute Gasteiger partial charge is 0.261 e. The van der Waals surface area contributed by atoms with E-state index in [1.165, 1.54) is 18.2 Å². The van der Waals surface area contributed by atoms with E-state index in [9.17, 15) is 13.2 Å².